The van der Waals surface area contributed by atoms with E-state index >= 15 is 0 Å². The summed E-state index contributed by atoms with van der Waals surface area (Å²) in [6.07, 6.45) is 0.943. The zero-order valence-corrected chi connectivity index (χ0v) is 12.1. The normalized spacial score (nSPS) is 10.5. The van der Waals surface area contributed by atoms with Gasteiger partial charge in [0.05, 0.1) is 0 Å². The Morgan fingerprint density at radius 2 is 1.91 bits per heavy atom. The summed E-state index contributed by atoms with van der Waals surface area (Å²) in [5.74, 6) is -1.38. The van der Waals surface area contributed by atoms with Crippen molar-refractivity contribution < 1.29 is 24.2 Å². The Balaban J connectivity index is 2.13. The van der Waals surface area contributed by atoms with Gasteiger partial charge in [-0.05, 0) is 24.1 Å². The highest BCUT2D eigenvalue weighted by atomic mass is 16.4. The van der Waals surface area contributed by atoms with E-state index in [9.17, 15) is 9.59 Å². The average Bonchev–Trinajstić information content (AvgIpc) is 2.94. The summed E-state index contributed by atoms with van der Waals surface area (Å²) in [5.41, 5.74) is 1.53. The van der Waals surface area contributed by atoms with Crippen molar-refractivity contribution in [3.05, 3.63) is 53.0 Å². The van der Waals surface area contributed by atoms with Crippen LogP contribution in [0.2, 0.25) is 0 Å². The molecule has 6 nitrogen and oxygen atoms in total. The molecule has 0 aliphatic carbocycles. The molecule has 0 saturated heterocycles. The molecular formula is C16H17NO5. The SMILES string of the molecule is CCc1oc(C(=O)Nc2ccc(CCO)cc2)cc1C(=O)O. The Kier molecular flexibility index (Phi) is 4.95. The van der Waals surface area contributed by atoms with Crippen molar-refractivity contribution in [2.45, 2.75) is 19.8 Å². The van der Waals surface area contributed by atoms with Crippen LogP contribution >= 0.6 is 0 Å². The first-order chi connectivity index (χ1) is 10.5. The first-order valence-electron chi connectivity index (χ1n) is 6.92. The number of carboxylic acids is 1. The predicted octanol–water partition coefficient (Wildman–Crippen LogP) is 2.33. The van der Waals surface area contributed by atoms with Gasteiger partial charge in [-0.3, -0.25) is 4.79 Å². The molecule has 0 spiro atoms. The lowest BCUT2D eigenvalue weighted by Gasteiger charge is -2.04. The Hall–Kier alpha value is -2.60. The van der Waals surface area contributed by atoms with Crippen LogP contribution in [-0.2, 0) is 12.8 Å². The monoisotopic (exact) mass is 303 g/mol. The fourth-order valence-corrected chi connectivity index (χ4v) is 2.06. The number of carbonyl (C=O) groups excluding carboxylic acids is 1. The largest absolute Gasteiger partial charge is 0.478 e. The maximum absolute atomic E-state index is 12.1. The molecule has 6 heteroatoms. The van der Waals surface area contributed by atoms with Gasteiger partial charge in [-0.25, -0.2) is 4.79 Å². The Morgan fingerprint density at radius 3 is 2.41 bits per heavy atom. The van der Waals surface area contributed by atoms with Gasteiger partial charge in [-0.2, -0.15) is 0 Å². The number of carboxylic acid groups (broad SMARTS) is 1. The number of rotatable bonds is 6. The van der Waals surface area contributed by atoms with E-state index in [2.05, 4.69) is 5.32 Å². The molecule has 0 unspecified atom stereocenters. The third-order valence-corrected chi connectivity index (χ3v) is 3.20. The summed E-state index contributed by atoms with van der Waals surface area (Å²) in [5, 5.41) is 20.5. The minimum atomic E-state index is -1.12. The minimum Gasteiger partial charge on any atom is -0.478 e. The molecule has 0 radical (unpaired) electrons. The number of benzene rings is 1. The summed E-state index contributed by atoms with van der Waals surface area (Å²) >= 11 is 0. The molecule has 0 fully saturated rings. The molecule has 0 aliphatic rings. The van der Waals surface area contributed by atoms with Gasteiger partial charge in [-0.1, -0.05) is 19.1 Å². The number of carbonyl (C=O) groups is 2. The van der Waals surface area contributed by atoms with Crippen LogP contribution < -0.4 is 5.32 Å². The third kappa shape index (κ3) is 3.53. The summed E-state index contributed by atoms with van der Waals surface area (Å²) in [7, 11) is 0. The number of hydrogen-bond donors (Lipinski definition) is 3. The van der Waals surface area contributed by atoms with Gasteiger partial charge >= 0.3 is 5.97 Å². The molecule has 0 atom stereocenters. The molecule has 3 N–H and O–H groups in total. The van der Waals surface area contributed by atoms with Crippen LogP contribution in [-0.4, -0.2) is 28.7 Å². The summed E-state index contributed by atoms with van der Waals surface area (Å²) in [4.78, 5) is 23.2. The quantitative estimate of drug-likeness (QED) is 0.760. The molecule has 2 aromatic rings. The van der Waals surface area contributed by atoms with Gasteiger partial charge in [0.2, 0.25) is 0 Å². The van der Waals surface area contributed by atoms with Crippen LogP contribution in [0.1, 0.15) is 39.2 Å². The number of furan rings is 1. The number of anilines is 1. The molecule has 0 bridgehead atoms. The highest BCUT2D eigenvalue weighted by Gasteiger charge is 2.20. The van der Waals surface area contributed by atoms with E-state index in [1.165, 1.54) is 6.07 Å². The van der Waals surface area contributed by atoms with Gasteiger partial charge < -0.3 is 19.9 Å². The first kappa shape index (κ1) is 15.8. The minimum absolute atomic E-state index is 0.00550. The maximum Gasteiger partial charge on any atom is 0.339 e. The lowest BCUT2D eigenvalue weighted by Crippen LogP contribution is -2.11. The predicted molar refractivity (Wildman–Crippen MR) is 80.2 cm³/mol. The Morgan fingerprint density at radius 1 is 1.23 bits per heavy atom. The van der Waals surface area contributed by atoms with E-state index < -0.39 is 11.9 Å². The van der Waals surface area contributed by atoms with Crippen LogP contribution in [0.5, 0.6) is 0 Å². The smallest absolute Gasteiger partial charge is 0.339 e. The lowest BCUT2D eigenvalue weighted by molar-refractivity contribution is 0.0694. The molecule has 1 heterocycles. The standard InChI is InChI=1S/C16H17NO5/c1-2-13-12(16(20)21)9-14(22-13)15(19)17-11-5-3-10(4-6-11)7-8-18/h3-6,9,18H,2,7-8H2,1H3,(H,17,19)(H,20,21). The fraction of sp³-hybridized carbons (Fsp3) is 0.250. The molecule has 1 aromatic carbocycles. The zero-order valence-electron chi connectivity index (χ0n) is 12.1. The molecule has 1 amide bonds. The van der Waals surface area contributed by atoms with Crippen molar-refractivity contribution in [2.24, 2.45) is 0 Å². The van der Waals surface area contributed by atoms with E-state index in [1.54, 1.807) is 31.2 Å². The molecule has 22 heavy (non-hydrogen) atoms. The zero-order chi connectivity index (χ0) is 16.1. The van der Waals surface area contributed by atoms with Crippen molar-refractivity contribution in [1.82, 2.24) is 0 Å². The van der Waals surface area contributed by atoms with Crippen LogP contribution in [0, 0.1) is 0 Å². The van der Waals surface area contributed by atoms with Crippen molar-refractivity contribution in [1.29, 1.82) is 0 Å². The summed E-state index contributed by atoms with van der Waals surface area (Å²) < 4.78 is 5.30. The van der Waals surface area contributed by atoms with E-state index in [0.717, 1.165) is 5.56 Å². The second-order valence-electron chi connectivity index (χ2n) is 4.73. The van der Waals surface area contributed by atoms with Crippen LogP contribution in [0.4, 0.5) is 5.69 Å². The molecule has 0 aliphatic heterocycles. The van der Waals surface area contributed by atoms with E-state index in [4.69, 9.17) is 14.6 Å². The molecule has 1 aromatic heterocycles. The van der Waals surface area contributed by atoms with Crippen LogP contribution in [0.3, 0.4) is 0 Å². The summed E-state index contributed by atoms with van der Waals surface area (Å²) in [6.45, 7) is 1.82. The molecule has 2 rings (SSSR count). The van der Waals surface area contributed by atoms with Gasteiger partial charge in [0.25, 0.3) is 5.91 Å². The topological polar surface area (TPSA) is 99.8 Å². The van der Waals surface area contributed by atoms with Crippen molar-refractivity contribution in [3.8, 4) is 0 Å². The number of nitrogens with one attached hydrogen (secondary N) is 1. The number of aromatic carboxylic acids is 1. The highest BCUT2D eigenvalue weighted by molar-refractivity contribution is 6.04. The van der Waals surface area contributed by atoms with E-state index in [1.807, 2.05) is 0 Å². The van der Waals surface area contributed by atoms with Crippen LogP contribution in [0.15, 0.2) is 34.7 Å². The van der Waals surface area contributed by atoms with Gasteiger partial charge in [0.15, 0.2) is 5.76 Å². The van der Waals surface area contributed by atoms with Crippen molar-refractivity contribution >= 4 is 17.6 Å². The van der Waals surface area contributed by atoms with Gasteiger partial charge in [0, 0.05) is 24.8 Å². The second-order valence-corrected chi connectivity index (χ2v) is 4.73. The summed E-state index contributed by atoms with van der Waals surface area (Å²) in [6, 6.07) is 8.26. The number of amides is 1. The van der Waals surface area contributed by atoms with Gasteiger partial charge in [-0.15, -0.1) is 0 Å². The number of hydrogen-bond acceptors (Lipinski definition) is 4. The first-order valence-corrected chi connectivity index (χ1v) is 6.92. The average molecular weight is 303 g/mol. The van der Waals surface area contributed by atoms with Crippen molar-refractivity contribution in [3.63, 3.8) is 0 Å². The molecule has 0 saturated carbocycles. The third-order valence-electron chi connectivity index (χ3n) is 3.20. The fourth-order valence-electron chi connectivity index (χ4n) is 2.06. The number of aryl methyl sites for hydroxylation is 1. The highest BCUT2D eigenvalue weighted by Crippen LogP contribution is 2.18. The molecular weight excluding hydrogens is 286 g/mol. The molecule has 116 valence electrons. The number of aliphatic hydroxyl groups is 1. The Labute approximate surface area is 127 Å². The maximum atomic E-state index is 12.1. The van der Waals surface area contributed by atoms with E-state index in [-0.39, 0.29) is 23.7 Å². The van der Waals surface area contributed by atoms with E-state index in [0.29, 0.717) is 18.5 Å². The van der Waals surface area contributed by atoms with Crippen molar-refractivity contribution in [2.75, 3.05) is 11.9 Å². The lowest BCUT2D eigenvalue weighted by atomic mass is 10.1. The Bertz CT molecular complexity index is 672. The second kappa shape index (κ2) is 6.91. The van der Waals surface area contributed by atoms with Crippen LogP contribution in [0.25, 0.3) is 0 Å². The number of aliphatic hydroxyl groups excluding tert-OH is 1. The van der Waals surface area contributed by atoms with Gasteiger partial charge in [0.1, 0.15) is 11.3 Å².